The Morgan fingerprint density at radius 3 is 2.50 bits per heavy atom. The third-order valence-electron chi connectivity index (χ3n) is 2.16. The number of benzene rings is 1. The number of carbonyl (C=O) groups is 1. The normalized spacial score (nSPS) is 11.0. The molecule has 0 aromatic heterocycles. The van der Waals surface area contributed by atoms with Crippen LogP contribution in [-0.2, 0) is 4.79 Å². The average Bonchev–Trinajstić information content (AvgIpc) is 2.27. The molecule has 3 N–H and O–H groups in total. The first-order valence-corrected chi connectivity index (χ1v) is 4.85. The molecular weight excluding hydrogens is 211 g/mol. The van der Waals surface area contributed by atoms with Gasteiger partial charge < -0.3 is 4.74 Å². The summed E-state index contributed by atoms with van der Waals surface area (Å²) in [6, 6.07) is 5.61. The third-order valence-corrected chi connectivity index (χ3v) is 2.16. The van der Waals surface area contributed by atoms with Crippen LogP contribution >= 0.6 is 0 Å². The monoisotopic (exact) mass is 226 g/mol. The fourth-order valence-corrected chi connectivity index (χ4v) is 1.06. The van der Waals surface area contributed by atoms with Crippen LogP contribution in [0.4, 0.5) is 4.39 Å². The van der Waals surface area contributed by atoms with Crippen molar-refractivity contribution >= 4 is 5.91 Å². The summed E-state index contributed by atoms with van der Waals surface area (Å²) in [5.74, 6) is 4.92. The largest absolute Gasteiger partial charge is 0.492 e. The zero-order chi connectivity index (χ0) is 12.2. The molecule has 0 aliphatic rings. The van der Waals surface area contributed by atoms with E-state index in [1.165, 1.54) is 24.3 Å². The number of hydrazine groups is 1. The maximum absolute atomic E-state index is 12.6. The first-order chi connectivity index (χ1) is 7.45. The van der Waals surface area contributed by atoms with Crippen LogP contribution in [0.5, 0.6) is 5.75 Å². The summed E-state index contributed by atoms with van der Waals surface area (Å²) in [6.45, 7) is 3.58. The number of hydrogen-bond acceptors (Lipinski definition) is 3. The molecule has 0 atom stereocenters. The fraction of sp³-hybridized carbons (Fsp3) is 0.364. The Morgan fingerprint density at radius 2 is 2.00 bits per heavy atom. The summed E-state index contributed by atoms with van der Waals surface area (Å²) in [6.07, 6.45) is 0. The molecule has 1 aromatic carbocycles. The molecule has 1 amide bonds. The zero-order valence-electron chi connectivity index (χ0n) is 9.29. The Kier molecular flexibility index (Phi) is 3.84. The van der Waals surface area contributed by atoms with Gasteiger partial charge in [-0.05, 0) is 38.1 Å². The number of carbonyl (C=O) groups excluding carboxylic acids is 1. The molecule has 0 fully saturated rings. The van der Waals surface area contributed by atoms with Gasteiger partial charge in [-0.3, -0.25) is 10.2 Å². The molecule has 0 bridgehead atoms. The number of halogens is 1. The Labute approximate surface area is 93.6 Å². The van der Waals surface area contributed by atoms with E-state index in [-0.39, 0.29) is 18.3 Å². The molecule has 0 saturated heterocycles. The predicted octanol–water partition coefficient (Wildman–Crippen LogP) is 1.22. The van der Waals surface area contributed by atoms with Crippen molar-refractivity contribution in [3.05, 3.63) is 30.1 Å². The number of nitrogens with one attached hydrogen (secondary N) is 1. The van der Waals surface area contributed by atoms with Crippen LogP contribution in [0, 0.1) is 11.2 Å². The highest BCUT2D eigenvalue weighted by atomic mass is 19.1. The lowest BCUT2D eigenvalue weighted by Gasteiger charge is -2.22. The quantitative estimate of drug-likeness (QED) is 0.461. The Balaban J connectivity index is 2.57. The first kappa shape index (κ1) is 12.4. The summed E-state index contributed by atoms with van der Waals surface area (Å²) in [5.41, 5.74) is 1.34. The molecular formula is C11H15FN2O2. The fourth-order valence-electron chi connectivity index (χ4n) is 1.06. The minimum absolute atomic E-state index is 0.168. The van der Waals surface area contributed by atoms with Gasteiger partial charge in [-0.25, -0.2) is 10.2 Å². The third kappa shape index (κ3) is 3.20. The highest BCUT2D eigenvalue weighted by molar-refractivity contribution is 5.81. The number of nitrogens with two attached hydrogens (primary N) is 1. The van der Waals surface area contributed by atoms with Gasteiger partial charge in [0.25, 0.3) is 0 Å². The lowest BCUT2D eigenvalue weighted by molar-refractivity contribution is -0.130. The van der Waals surface area contributed by atoms with Gasteiger partial charge in [0.2, 0.25) is 5.91 Å². The molecule has 0 aliphatic carbocycles. The molecule has 0 heterocycles. The van der Waals surface area contributed by atoms with Crippen molar-refractivity contribution in [2.75, 3.05) is 6.61 Å². The maximum atomic E-state index is 12.6. The summed E-state index contributed by atoms with van der Waals surface area (Å²) in [7, 11) is 0. The van der Waals surface area contributed by atoms with E-state index in [1.54, 1.807) is 13.8 Å². The van der Waals surface area contributed by atoms with Gasteiger partial charge >= 0.3 is 0 Å². The van der Waals surface area contributed by atoms with E-state index in [9.17, 15) is 9.18 Å². The molecule has 4 nitrogen and oxygen atoms in total. The first-order valence-electron chi connectivity index (χ1n) is 4.85. The smallest absolute Gasteiger partial charge is 0.242 e. The SMILES string of the molecule is CC(C)(COc1ccc(F)cc1)C(=O)NN. The van der Waals surface area contributed by atoms with Crippen LogP contribution in [0.15, 0.2) is 24.3 Å². The Hall–Kier alpha value is -1.62. The van der Waals surface area contributed by atoms with Gasteiger partial charge in [0.1, 0.15) is 18.2 Å². The predicted molar refractivity (Wildman–Crippen MR) is 58.0 cm³/mol. The molecule has 0 saturated carbocycles. The Bertz CT molecular complexity index is 363. The van der Waals surface area contributed by atoms with E-state index in [1.807, 2.05) is 0 Å². The molecule has 1 aromatic rings. The average molecular weight is 226 g/mol. The van der Waals surface area contributed by atoms with Crippen LogP contribution in [0.2, 0.25) is 0 Å². The molecule has 0 aliphatic heterocycles. The molecule has 1 rings (SSSR count). The van der Waals surface area contributed by atoms with Gasteiger partial charge in [-0.2, -0.15) is 0 Å². The van der Waals surface area contributed by atoms with Gasteiger partial charge in [-0.1, -0.05) is 0 Å². The van der Waals surface area contributed by atoms with E-state index in [0.29, 0.717) is 5.75 Å². The minimum Gasteiger partial charge on any atom is -0.492 e. The van der Waals surface area contributed by atoms with Gasteiger partial charge in [0, 0.05) is 0 Å². The molecule has 16 heavy (non-hydrogen) atoms. The van der Waals surface area contributed by atoms with Crippen molar-refractivity contribution in [2.45, 2.75) is 13.8 Å². The topological polar surface area (TPSA) is 64.3 Å². The van der Waals surface area contributed by atoms with E-state index in [0.717, 1.165) is 0 Å². The molecule has 5 heteroatoms. The van der Waals surface area contributed by atoms with Crippen LogP contribution in [0.25, 0.3) is 0 Å². The standard InChI is InChI=1S/C11H15FN2O2/c1-11(2,10(15)14-13)7-16-9-5-3-8(12)4-6-9/h3-6H,7,13H2,1-2H3,(H,14,15). The van der Waals surface area contributed by atoms with Crippen molar-refractivity contribution in [1.29, 1.82) is 0 Å². The van der Waals surface area contributed by atoms with E-state index < -0.39 is 5.41 Å². The summed E-state index contributed by atoms with van der Waals surface area (Å²) >= 11 is 0. The lowest BCUT2D eigenvalue weighted by atomic mass is 9.94. The Morgan fingerprint density at radius 1 is 1.44 bits per heavy atom. The van der Waals surface area contributed by atoms with Crippen LogP contribution in [-0.4, -0.2) is 12.5 Å². The number of amides is 1. The second-order valence-corrected chi connectivity index (χ2v) is 4.10. The lowest BCUT2D eigenvalue weighted by Crippen LogP contribution is -2.44. The van der Waals surface area contributed by atoms with E-state index in [2.05, 4.69) is 5.43 Å². The number of rotatable bonds is 4. The highest BCUT2D eigenvalue weighted by Crippen LogP contribution is 2.18. The van der Waals surface area contributed by atoms with Gasteiger partial charge in [-0.15, -0.1) is 0 Å². The highest BCUT2D eigenvalue weighted by Gasteiger charge is 2.27. The molecule has 88 valence electrons. The zero-order valence-corrected chi connectivity index (χ0v) is 9.29. The molecule has 0 unspecified atom stereocenters. The van der Waals surface area contributed by atoms with Crippen molar-refractivity contribution in [1.82, 2.24) is 5.43 Å². The van der Waals surface area contributed by atoms with Crippen LogP contribution in [0.3, 0.4) is 0 Å². The summed E-state index contributed by atoms with van der Waals surface area (Å²) in [4.78, 5) is 11.3. The number of ether oxygens (including phenoxy) is 1. The van der Waals surface area contributed by atoms with Crippen LogP contribution < -0.4 is 16.0 Å². The second-order valence-electron chi connectivity index (χ2n) is 4.10. The van der Waals surface area contributed by atoms with Crippen molar-refractivity contribution < 1.29 is 13.9 Å². The number of hydrogen-bond donors (Lipinski definition) is 2. The summed E-state index contributed by atoms with van der Waals surface area (Å²) < 4.78 is 18.0. The van der Waals surface area contributed by atoms with Crippen molar-refractivity contribution in [3.8, 4) is 5.75 Å². The van der Waals surface area contributed by atoms with Crippen LogP contribution in [0.1, 0.15) is 13.8 Å². The molecule has 0 radical (unpaired) electrons. The minimum atomic E-state index is -0.733. The maximum Gasteiger partial charge on any atom is 0.242 e. The second kappa shape index (κ2) is 4.94. The van der Waals surface area contributed by atoms with E-state index >= 15 is 0 Å². The van der Waals surface area contributed by atoms with Gasteiger partial charge in [0.05, 0.1) is 5.41 Å². The van der Waals surface area contributed by atoms with E-state index in [4.69, 9.17) is 10.6 Å². The van der Waals surface area contributed by atoms with Crippen molar-refractivity contribution in [2.24, 2.45) is 11.3 Å². The summed E-state index contributed by atoms with van der Waals surface area (Å²) in [5, 5.41) is 0. The van der Waals surface area contributed by atoms with Crippen molar-refractivity contribution in [3.63, 3.8) is 0 Å². The molecule has 0 spiro atoms. The van der Waals surface area contributed by atoms with Gasteiger partial charge in [0.15, 0.2) is 0 Å².